The van der Waals surface area contributed by atoms with Gasteiger partial charge in [-0.2, -0.15) is 0 Å². The first-order valence-corrected chi connectivity index (χ1v) is 5.90. The Morgan fingerprint density at radius 2 is 2.12 bits per heavy atom. The number of nitrogens with zero attached hydrogens (tertiary/aromatic N) is 1. The first-order valence-electron chi connectivity index (χ1n) is 5.52. The Morgan fingerprint density at radius 1 is 1.41 bits per heavy atom. The van der Waals surface area contributed by atoms with Crippen LogP contribution in [0.1, 0.15) is 12.8 Å². The van der Waals surface area contributed by atoms with Crippen molar-refractivity contribution >= 4 is 17.5 Å². The first-order chi connectivity index (χ1) is 8.16. The van der Waals surface area contributed by atoms with Gasteiger partial charge in [-0.15, -0.1) is 0 Å². The van der Waals surface area contributed by atoms with Crippen LogP contribution in [0.4, 0.5) is 4.39 Å². The lowest BCUT2D eigenvalue weighted by atomic mass is 10.3. The number of hydrogen-bond acceptors (Lipinski definition) is 2. The van der Waals surface area contributed by atoms with Gasteiger partial charge >= 0.3 is 0 Å². The lowest BCUT2D eigenvalue weighted by molar-refractivity contribution is -0.132. The molecule has 0 aliphatic carbocycles. The number of carbonyl (C=O) groups is 1. The molecule has 1 aromatic carbocycles. The fraction of sp³-hybridized carbons (Fsp3) is 0.417. The Morgan fingerprint density at radius 3 is 2.76 bits per heavy atom. The molecule has 1 amide bonds. The molecule has 0 unspecified atom stereocenters. The third-order valence-electron chi connectivity index (χ3n) is 2.71. The highest BCUT2D eigenvalue weighted by molar-refractivity contribution is 6.30. The molecular weight excluding hydrogens is 245 g/mol. The van der Waals surface area contributed by atoms with Gasteiger partial charge in [0.2, 0.25) is 0 Å². The topological polar surface area (TPSA) is 29.5 Å². The molecule has 0 bridgehead atoms. The fourth-order valence-corrected chi connectivity index (χ4v) is 1.89. The summed E-state index contributed by atoms with van der Waals surface area (Å²) in [4.78, 5) is 13.4. The van der Waals surface area contributed by atoms with E-state index < -0.39 is 5.82 Å². The Kier molecular flexibility index (Phi) is 3.84. The summed E-state index contributed by atoms with van der Waals surface area (Å²) >= 11 is 5.54. The van der Waals surface area contributed by atoms with E-state index in [1.807, 2.05) is 0 Å². The number of benzene rings is 1. The van der Waals surface area contributed by atoms with E-state index in [0.717, 1.165) is 25.9 Å². The number of rotatable bonds is 3. The largest absolute Gasteiger partial charge is 0.484 e. The number of ether oxygens (including phenoxy) is 1. The van der Waals surface area contributed by atoms with Crippen LogP contribution in [-0.2, 0) is 4.79 Å². The summed E-state index contributed by atoms with van der Waals surface area (Å²) in [6.07, 6.45) is 2.09. The van der Waals surface area contributed by atoms with Crippen LogP contribution in [0, 0.1) is 5.82 Å². The number of amides is 1. The highest BCUT2D eigenvalue weighted by Crippen LogP contribution is 2.20. The van der Waals surface area contributed by atoms with Gasteiger partial charge in [-0.25, -0.2) is 4.39 Å². The second-order valence-electron chi connectivity index (χ2n) is 3.95. The molecule has 0 radical (unpaired) electrons. The van der Waals surface area contributed by atoms with Crippen molar-refractivity contribution in [3.8, 4) is 5.75 Å². The Bertz CT molecular complexity index is 419. The van der Waals surface area contributed by atoms with Crippen LogP contribution in [0.25, 0.3) is 0 Å². The molecule has 17 heavy (non-hydrogen) atoms. The van der Waals surface area contributed by atoms with Gasteiger partial charge in [0.05, 0.1) is 5.02 Å². The summed E-state index contributed by atoms with van der Waals surface area (Å²) in [6, 6.07) is 4.13. The van der Waals surface area contributed by atoms with E-state index in [1.54, 1.807) is 11.0 Å². The number of halogens is 2. The molecule has 0 atom stereocenters. The van der Waals surface area contributed by atoms with Gasteiger partial charge in [0.15, 0.2) is 6.61 Å². The lowest BCUT2D eigenvalue weighted by Crippen LogP contribution is -2.32. The Hall–Kier alpha value is -1.29. The molecule has 1 saturated heterocycles. The van der Waals surface area contributed by atoms with Gasteiger partial charge in [0.25, 0.3) is 5.91 Å². The van der Waals surface area contributed by atoms with Gasteiger partial charge in [-0.3, -0.25) is 4.79 Å². The van der Waals surface area contributed by atoms with Crippen LogP contribution >= 0.6 is 11.6 Å². The Balaban J connectivity index is 1.88. The minimum absolute atomic E-state index is 0.0446. The van der Waals surface area contributed by atoms with Crippen molar-refractivity contribution in [1.82, 2.24) is 4.90 Å². The predicted octanol–water partition coefficient (Wildman–Crippen LogP) is 2.48. The maximum absolute atomic E-state index is 13.1. The van der Waals surface area contributed by atoms with Crippen LogP contribution in [0.3, 0.4) is 0 Å². The van der Waals surface area contributed by atoms with Gasteiger partial charge in [0.1, 0.15) is 11.6 Å². The highest BCUT2D eigenvalue weighted by Gasteiger charge is 2.18. The van der Waals surface area contributed by atoms with Gasteiger partial charge in [-0.1, -0.05) is 11.6 Å². The molecule has 1 aliphatic heterocycles. The van der Waals surface area contributed by atoms with E-state index in [0.29, 0.717) is 5.75 Å². The molecule has 2 rings (SSSR count). The average molecular weight is 258 g/mol. The molecule has 0 N–H and O–H groups in total. The van der Waals surface area contributed by atoms with E-state index in [9.17, 15) is 9.18 Å². The molecule has 0 aromatic heterocycles. The van der Waals surface area contributed by atoms with Crippen LogP contribution in [0.2, 0.25) is 5.02 Å². The van der Waals surface area contributed by atoms with Crippen LogP contribution in [0.5, 0.6) is 5.75 Å². The smallest absolute Gasteiger partial charge is 0.260 e. The zero-order chi connectivity index (χ0) is 12.3. The molecular formula is C12H13ClFNO2. The van der Waals surface area contributed by atoms with Crippen molar-refractivity contribution in [2.24, 2.45) is 0 Å². The lowest BCUT2D eigenvalue weighted by Gasteiger charge is -2.15. The molecule has 3 nitrogen and oxygen atoms in total. The summed E-state index contributed by atoms with van der Waals surface area (Å²) < 4.78 is 18.3. The van der Waals surface area contributed by atoms with Crippen molar-refractivity contribution in [3.05, 3.63) is 29.0 Å². The monoisotopic (exact) mass is 257 g/mol. The summed E-state index contributed by atoms with van der Waals surface area (Å²) in [5.41, 5.74) is 0. The second-order valence-corrected chi connectivity index (χ2v) is 4.36. The van der Waals surface area contributed by atoms with E-state index >= 15 is 0 Å². The van der Waals surface area contributed by atoms with Gasteiger partial charge in [0, 0.05) is 19.2 Å². The summed E-state index contributed by atoms with van der Waals surface area (Å²) in [7, 11) is 0. The molecule has 1 aromatic rings. The van der Waals surface area contributed by atoms with Gasteiger partial charge < -0.3 is 9.64 Å². The van der Waals surface area contributed by atoms with Crippen LogP contribution in [-0.4, -0.2) is 30.5 Å². The minimum Gasteiger partial charge on any atom is -0.484 e. The summed E-state index contributed by atoms with van der Waals surface area (Å²) in [5.74, 6) is -0.282. The third kappa shape index (κ3) is 3.09. The second kappa shape index (κ2) is 5.36. The standard InChI is InChI=1S/C12H13ClFNO2/c13-10-4-3-9(7-11(10)14)17-8-12(16)15-5-1-2-6-15/h3-4,7H,1-2,5-6,8H2. The van der Waals surface area contributed by atoms with E-state index in [4.69, 9.17) is 16.3 Å². The average Bonchev–Trinajstić information content (AvgIpc) is 2.84. The molecule has 92 valence electrons. The van der Waals surface area contributed by atoms with Crippen molar-refractivity contribution in [2.45, 2.75) is 12.8 Å². The van der Waals surface area contributed by atoms with Gasteiger partial charge in [-0.05, 0) is 25.0 Å². The quantitative estimate of drug-likeness (QED) is 0.833. The minimum atomic E-state index is -0.544. The van der Waals surface area contributed by atoms with E-state index in [-0.39, 0.29) is 17.5 Å². The molecule has 5 heteroatoms. The molecule has 1 heterocycles. The van der Waals surface area contributed by atoms with E-state index in [2.05, 4.69) is 0 Å². The zero-order valence-electron chi connectivity index (χ0n) is 9.29. The van der Waals surface area contributed by atoms with E-state index in [1.165, 1.54) is 12.1 Å². The molecule has 1 fully saturated rings. The molecule has 0 spiro atoms. The predicted molar refractivity (Wildman–Crippen MR) is 62.7 cm³/mol. The summed E-state index contributed by atoms with van der Waals surface area (Å²) in [6.45, 7) is 1.52. The summed E-state index contributed by atoms with van der Waals surface area (Å²) in [5, 5.41) is 0.0446. The molecule has 1 aliphatic rings. The first kappa shape index (κ1) is 12.2. The highest BCUT2D eigenvalue weighted by atomic mass is 35.5. The van der Waals surface area contributed by atoms with Crippen molar-refractivity contribution in [3.63, 3.8) is 0 Å². The van der Waals surface area contributed by atoms with Crippen LogP contribution < -0.4 is 4.74 Å². The normalized spacial score (nSPS) is 15.1. The SMILES string of the molecule is O=C(COc1ccc(Cl)c(F)c1)N1CCCC1. The van der Waals surface area contributed by atoms with Crippen molar-refractivity contribution < 1.29 is 13.9 Å². The maximum atomic E-state index is 13.1. The number of likely N-dealkylation sites (tertiary alicyclic amines) is 1. The van der Waals surface area contributed by atoms with Crippen molar-refractivity contribution in [2.75, 3.05) is 19.7 Å². The number of carbonyl (C=O) groups excluding carboxylic acids is 1. The third-order valence-corrected chi connectivity index (χ3v) is 3.02. The van der Waals surface area contributed by atoms with Crippen LogP contribution in [0.15, 0.2) is 18.2 Å². The number of hydrogen-bond donors (Lipinski definition) is 0. The maximum Gasteiger partial charge on any atom is 0.260 e. The van der Waals surface area contributed by atoms with Crippen molar-refractivity contribution in [1.29, 1.82) is 0 Å². The zero-order valence-corrected chi connectivity index (χ0v) is 10.0. The Labute approximate surface area is 104 Å². The fourth-order valence-electron chi connectivity index (χ4n) is 1.77. The molecule has 0 saturated carbocycles.